The van der Waals surface area contributed by atoms with Gasteiger partial charge in [-0.3, -0.25) is 20.0 Å². The zero-order valence-electron chi connectivity index (χ0n) is 15.9. The first kappa shape index (κ1) is 17.8. The minimum atomic E-state index is -0.549. The van der Waals surface area contributed by atoms with Gasteiger partial charge in [0.05, 0.1) is 12.1 Å². The predicted molar refractivity (Wildman–Crippen MR) is 107 cm³/mol. The van der Waals surface area contributed by atoms with Crippen LogP contribution in [0.1, 0.15) is 11.3 Å². The summed E-state index contributed by atoms with van der Waals surface area (Å²) in [6.45, 7) is 4.21. The van der Waals surface area contributed by atoms with Gasteiger partial charge in [-0.05, 0) is 49.2 Å². The Labute approximate surface area is 161 Å². The number of aryl methyl sites for hydroxylation is 3. The fourth-order valence-corrected chi connectivity index (χ4v) is 3.30. The van der Waals surface area contributed by atoms with Crippen LogP contribution in [0.2, 0.25) is 0 Å². The molecule has 4 rings (SSSR count). The molecule has 1 unspecified atom stereocenters. The van der Waals surface area contributed by atoms with E-state index in [9.17, 15) is 9.59 Å². The van der Waals surface area contributed by atoms with Gasteiger partial charge >= 0.3 is 0 Å². The van der Waals surface area contributed by atoms with Gasteiger partial charge in [-0.2, -0.15) is 5.11 Å². The van der Waals surface area contributed by atoms with Gasteiger partial charge in [-0.1, -0.05) is 11.3 Å². The molecule has 1 aromatic carbocycles. The summed E-state index contributed by atoms with van der Waals surface area (Å²) in [5, 5.41) is 11.2. The minimum absolute atomic E-state index is 0.0986. The molecule has 1 atom stereocenters. The molecule has 2 N–H and O–H groups in total. The quantitative estimate of drug-likeness (QED) is 0.733. The molecule has 3 heterocycles. The molecule has 0 spiro atoms. The van der Waals surface area contributed by atoms with Crippen molar-refractivity contribution in [3.05, 3.63) is 58.1 Å². The SMILES string of the molecule is Cc1cc2c(cn1)cc(-c1cc(NC(=O)C3CNN=N3)ccc1C)c(=O)n2C. The summed E-state index contributed by atoms with van der Waals surface area (Å²) in [6, 6.07) is 8.72. The number of nitrogens with zero attached hydrogens (tertiary/aromatic N) is 4. The standard InChI is InChI=1S/C20H20N6O2/c1-11-4-5-14(23-19(27)17-10-22-25-24-17)8-15(11)16-7-13-9-21-12(2)6-18(13)26(3)20(16)28/h4-9,17H,10H2,1-3H3,(H,22,24)(H,23,27). The maximum Gasteiger partial charge on any atom is 0.258 e. The smallest absolute Gasteiger partial charge is 0.258 e. The van der Waals surface area contributed by atoms with Crippen molar-refractivity contribution in [3.63, 3.8) is 0 Å². The molecule has 8 heteroatoms. The molecule has 0 radical (unpaired) electrons. The number of rotatable bonds is 3. The fourth-order valence-electron chi connectivity index (χ4n) is 3.30. The van der Waals surface area contributed by atoms with Gasteiger partial charge in [-0.15, -0.1) is 0 Å². The van der Waals surface area contributed by atoms with Crippen LogP contribution in [0, 0.1) is 13.8 Å². The van der Waals surface area contributed by atoms with Crippen LogP contribution in [-0.4, -0.2) is 28.0 Å². The van der Waals surface area contributed by atoms with Crippen molar-refractivity contribution in [3.8, 4) is 11.1 Å². The second kappa shape index (κ2) is 6.88. The Bertz CT molecular complexity index is 1180. The van der Waals surface area contributed by atoms with Gasteiger partial charge in [0.2, 0.25) is 0 Å². The average Bonchev–Trinajstić information content (AvgIpc) is 3.22. The molecule has 0 saturated carbocycles. The lowest BCUT2D eigenvalue weighted by atomic mass is 9.99. The van der Waals surface area contributed by atoms with Gasteiger partial charge in [-0.25, -0.2) is 0 Å². The Morgan fingerprint density at radius 3 is 2.79 bits per heavy atom. The zero-order valence-corrected chi connectivity index (χ0v) is 15.9. The van der Waals surface area contributed by atoms with E-state index in [0.29, 0.717) is 17.8 Å². The van der Waals surface area contributed by atoms with Gasteiger partial charge in [0, 0.05) is 35.6 Å². The molecule has 3 aromatic rings. The third-order valence-electron chi connectivity index (χ3n) is 4.90. The number of fused-ring (bicyclic) bond motifs is 1. The molecule has 0 aliphatic carbocycles. The second-order valence-corrected chi connectivity index (χ2v) is 6.92. The van der Waals surface area contributed by atoms with Gasteiger partial charge in [0.25, 0.3) is 11.5 Å². The average molecular weight is 376 g/mol. The van der Waals surface area contributed by atoms with Crippen molar-refractivity contribution in [2.75, 3.05) is 11.9 Å². The van der Waals surface area contributed by atoms with E-state index in [0.717, 1.165) is 27.7 Å². The number of hydrogen-bond donors (Lipinski definition) is 2. The summed E-state index contributed by atoms with van der Waals surface area (Å²) < 4.78 is 1.63. The number of carbonyl (C=O) groups excluding carboxylic acids is 1. The predicted octanol–water partition coefficient (Wildman–Crippen LogP) is 2.49. The van der Waals surface area contributed by atoms with Crippen LogP contribution in [-0.2, 0) is 11.8 Å². The maximum atomic E-state index is 13.0. The van der Waals surface area contributed by atoms with Crippen LogP contribution in [0.3, 0.4) is 0 Å². The summed E-state index contributed by atoms with van der Waals surface area (Å²) in [4.78, 5) is 29.6. The van der Waals surface area contributed by atoms with Gasteiger partial charge in [0.1, 0.15) is 0 Å². The number of anilines is 1. The Hall–Kier alpha value is -3.55. The van der Waals surface area contributed by atoms with Crippen molar-refractivity contribution in [2.45, 2.75) is 19.9 Å². The van der Waals surface area contributed by atoms with E-state index in [2.05, 4.69) is 26.1 Å². The highest BCUT2D eigenvalue weighted by atomic mass is 16.2. The van der Waals surface area contributed by atoms with Crippen molar-refractivity contribution < 1.29 is 4.79 Å². The largest absolute Gasteiger partial charge is 0.324 e. The third kappa shape index (κ3) is 3.13. The molecular weight excluding hydrogens is 356 g/mol. The first-order valence-corrected chi connectivity index (χ1v) is 8.95. The normalized spacial score (nSPS) is 15.6. The molecule has 0 bridgehead atoms. The Balaban J connectivity index is 1.77. The molecule has 0 fully saturated rings. The fraction of sp³-hybridized carbons (Fsp3) is 0.250. The lowest BCUT2D eigenvalue weighted by molar-refractivity contribution is -0.117. The molecule has 142 valence electrons. The molecule has 1 amide bonds. The van der Waals surface area contributed by atoms with Crippen LogP contribution < -0.4 is 16.3 Å². The molecule has 8 nitrogen and oxygen atoms in total. The lowest BCUT2D eigenvalue weighted by Gasteiger charge is -2.13. The zero-order chi connectivity index (χ0) is 19.8. The molecule has 2 aromatic heterocycles. The van der Waals surface area contributed by atoms with Crippen LogP contribution in [0.5, 0.6) is 0 Å². The van der Waals surface area contributed by atoms with Crippen molar-refractivity contribution in [1.29, 1.82) is 0 Å². The Morgan fingerprint density at radius 2 is 2.04 bits per heavy atom. The maximum absolute atomic E-state index is 13.0. The van der Waals surface area contributed by atoms with Crippen LogP contribution in [0.25, 0.3) is 22.0 Å². The third-order valence-corrected chi connectivity index (χ3v) is 4.90. The Kier molecular flexibility index (Phi) is 4.38. The molecule has 1 aliphatic rings. The summed E-state index contributed by atoms with van der Waals surface area (Å²) in [5.41, 5.74) is 7.15. The summed E-state index contributed by atoms with van der Waals surface area (Å²) in [7, 11) is 1.76. The van der Waals surface area contributed by atoms with Crippen molar-refractivity contribution >= 4 is 22.5 Å². The first-order valence-electron chi connectivity index (χ1n) is 8.95. The number of hydrogen-bond acceptors (Lipinski definition) is 6. The second-order valence-electron chi connectivity index (χ2n) is 6.92. The molecule has 28 heavy (non-hydrogen) atoms. The monoisotopic (exact) mass is 376 g/mol. The first-order chi connectivity index (χ1) is 13.4. The van der Waals surface area contributed by atoms with E-state index in [4.69, 9.17) is 0 Å². The van der Waals surface area contributed by atoms with Crippen LogP contribution >= 0.6 is 0 Å². The summed E-state index contributed by atoms with van der Waals surface area (Å²) in [5.74, 6) is -0.241. The topological polar surface area (TPSA) is 101 Å². The van der Waals surface area contributed by atoms with E-state index in [-0.39, 0.29) is 11.5 Å². The van der Waals surface area contributed by atoms with E-state index in [1.165, 1.54) is 0 Å². The van der Waals surface area contributed by atoms with E-state index < -0.39 is 6.04 Å². The van der Waals surface area contributed by atoms with E-state index in [1.54, 1.807) is 17.8 Å². The lowest BCUT2D eigenvalue weighted by Crippen LogP contribution is -2.29. The number of carbonyl (C=O) groups is 1. The number of benzene rings is 1. The highest BCUT2D eigenvalue weighted by Crippen LogP contribution is 2.27. The molecule has 1 aliphatic heterocycles. The van der Waals surface area contributed by atoms with Crippen LogP contribution in [0.4, 0.5) is 5.69 Å². The highest BCUT2D eigenvalue weighted by molar-refractivity contribution is 5.96. The van der Waals surface area contributed by atoms with Crippen molar-refractivity contribution in [2.24, 2.45) is 17.4 Å². The minimum Gasteiger partial charge on any atom is -0.324 e. The number of nitrogens with one attached hydrogen (secondary N) is 2. The molecule has 0 saturated heterocycles. The van der Waals surface area contributed by atoms with E-state index >= 15 is 0 Å². The molecular formula is C20H20N6O2. The number of aromatic nitrogens is 2. The number of pyridine rings is 2. The van der Waals surface area contributed by atoms with Gasteiger partial charge in [0.15, 0.2) is 6.04 Å². The Morgan fingerprint density at radius 1 is 1.21 bits per heavy atom. The van der Waals surface area contributed by atoms with Crippen molar-refractivity contribution in [1.82, 2.24) is 15.0 Å². The van der Waals surface area contributed by atoms with Crippen LogP contribution in [0.15, 0.2) is 51.7 Å². The highest BCUT2D eigenvalue weighted by Gasteiger charge is 2.21. The van der Waals surface area contributed by atoms with E-state index in [1.807, 2.05) is 44.2 Å². The van der Waals surface area contributed by atoms with Gasteiger partial charge < -0.3 is 9.88 Å². The summed E-state index contributed by atoms with van der Waals surface area (Å²) in [6.07, 6.45) is 1.77. The summed E-state index contributed by atoms with van der Waals surface area (Å²) >= 11 is 0. The number of amides is 1.